The van der Waals surface area contributed by atoms with E-state index in [1.54, 1.807) is 0 Å². The highest BCUT2D eigenvalue weighted by Gasteiger charge is 2.10. The predicted octanol–water partition coefficient (Wildman–Crippen LogP) is 0.803. The molecule has 1 heterocycles. The van der Waals surface area contributed by atoms with Crippen LogP contribution in [0.15, 0.2) is 9.59 Å². The summed E-state index contributed by atoms with van der Waals surface area (Å²) in [6.45, 7) is 2.23. The average Bonchev–Trinajstić information content (AvgIpc) is 2.17. The number of unbranched alkanes of at least 4 members (excludes halogenated alkanes) is 1. The monoisotopic (exact) mass is 230 g/mol. The Hall–Kier alpha value is -1.36. The first-order chi connectivity index (χ1) is 7.11. The van der Waals surface area contributed by atoms with Crippen LogP contribution >= 0.6 is 11.6 Å². The third-order valence-corrected chi connectivity index (χ3v) is 2.33. The molecule has 1 N–H and O–H groups in total. The zero-order valence-corrected chi connectivity index (χ0v) is 9.00. The van der Waals surface area contributed by atoms with Gasteiger partial charge in [-0.3, -0.25) is 19.1 Å². The SMILES string of the molecule is CCCCn1c(=O)[nH]c(Cl)c(C=O)c1=O. The normalized spacial score (nSPS) is 10.3. The van der Waals surface area contributed by atoms with Crippen molar-refractivity contribution in [2.24, 2.45) is 0 Å². The number of carbonyl (C=O) groups excluding carboxylic acids is 1. The van der Waals surface area contributed by atoms with Crippen molar-refractivity contribution in [3.8, 4) is 0 Å². The second-order valence-electron chi connectivity index (χ2n) is 3.09. The number of nitrogens with one attached hydrogen (secondary N) is 1. The van der Waals surface area contributed by atoms with Crippen LogP contribution in [0.25, 0.3) is 0 Å². The molecule has 0 radical (unpaired) electrons. The second-order valence-corrected chi connectivity index (χ2v) is 3.46. The van der Waals surface area contributed by atoms with Gasteiger partial charge in [-0.2, -0.15) is 0 Å². The van der Waals surface area contributed by atoms with Crippen LogP contribution in [-0.4, -0.2) is 15.8 Å². The zero-order valence-electron chi connectivity index (χ0n) is 8.25. The van der Waals surface area contributed by atoms with Crippen LogP contribution in [0.3, 0.4) is 0 Å². The number of aldehydes is 1. The van der Waals surface area contributed by atoms with Gasteiger partial charge in [0.1, 0.15) is 10.7 Å². The van der Waals surface area contributed by atoms with E-state index < -0.39 is 11.2 Å². The largest absolute Gasteiger partial charge is 0.329 e. The molecule has 0 aromatic carbocycles. The molecule has 5 nitrogen and oxygen atoms in total. The number of H-pyrrole nitrogens is 1. The minimum atomic E-state index is -0.632. The number of rotatable bonds is 4. The molecule has 0 saturated carbocycles. The van der Waals surface area contributed by atoms with E-state index in [2.05, 4.69) is 4.98 Å². The van der Waals surface area contributed by atoms with Crippen LogP contribution < -0.4 is 11.2 Å². The average molecular weight is 231 g/mol. The quantitative estimate of drug-likeness (QED) is 0.614. The lowest BCUT2D eigenvalue weighted by molar-refractivity contribution is 0.112. The molecule has 0 fully saturated rings. The van der Waals surface area contributed by atoms with E-state index in [-0.39, 0.29) is 10.7 Å². The first-order valence-corrected chi connectivity index (χ1v) is 4.97. The van der Waals surface area contributed by atoms with Gasteiger partial charge in [-0.05, 0) is 6.42 Å². The van der Waals surface area contributed by atoms with Gasteiger partial charge < -0.3 is 0 Å². The third-order valence-electron chi connectivity index (χ3n) is 2.03. The van der Waals surface area contributed by atoms with E-state index in [1.807, 2.05) is 6.92 Å². The first-order valence-electron chi connectivity index (χ1n) is 4.59. The molecule has 0 atom stereocenters. The van der Waals surface area contributed by atoms with E-state index >= 15 is 0 Å². The van der Waals surface area contributed by atoms with Crippen LogP contribution in [0.2, 0.25) is 5.15 Å². The fourth-order valence-electron chi connectivity index (χ4n) is 1.18. The topological polar surface area (TPSA) is 71.9 Å². The van der Waals surface area contributed by atoms with Gasteiger partial charge in [0, 0.05) is 6.54 Å². The molecule has 1 aromatic rings. The van der Waals surface area contributed by atoms with Gasteiger partial charge in [-0.25, -0.2) is 4.79 Å². The second kappa shape index (κ2) is 4.93. The molecule has 6 heteroatoms. The molecule has 1 rings (SSSR count). The number of nitrogens with zero attached hydrogens (tertiary/aromatic N) is 1. The molecule has 15 heavy (non-hydrogen) atoms. The maximum Gasteiger partial charge on any atom is 0.329 e. The van der Waals surface area contributed by atoms with Gasteiger partial charge in [-0.1, -0.05) is 24.9 Å². The Morgan fingerprint density at radius 3 is 2.67 bits per heavy atom. The highest BCUT2D eigenvalue weighted by molar-refractivity contribution is 6.31. The van der Waals surface area contributed by atoms with Crippen molar-refractivity contribution in [1.82, 2.24) is 9.55 Å². The number of hydrogen-bond acceptors (Lipinski definition) is 3. The van der Waals surface area contributed by atoms with Crippen LogP contribution in [0.4, 0.5) is 0 Å². The van der Waals surface area contributed by atoms with Crippen molar-refractivity contribution in [3.05, 3.63) is 31.6 Å². The molecule has 0 bridgehead atoms. The summed E-state index contributed by atoms with van der Waals surface area (Å²) in [5.41, 5.74) is -1.41. The summed E-state index contributed by atoms with van der Waals surface area (Å²) >= 11 is 5.54. The van der Waals surface area contributed by atoms with Crippen LogP contribution in [0.1, 0.15) is 30.1 Å². The Morgan fingerprint density at radius 1 is 1.47 bits per heavy atom. The maximum atomic E-state index is 11.6. The Morgan fingerprint density at radius 2 is 2.13 bits per heavy atom. The van der Waals surface area contributed by atoms with Gasteiger partial charge in [0.2, 0.25) is 0 Å². The zero-order chi connectivity index (χ0) is 11.4. The molecular weight excluding hydrogens is 220 g/mol. The van der Waals surface area contributed by atoms with E-state index in [0.717, 1.165) is 11.0 Å². The van der Waals surface area contributed by atoms with Crippen LogP contribution in [0.5, 0.6) is 0 Å². The lowest BCUT2D eigenvalue weighted by Gasteiger charge is -2.04. The molecular formula is C9H11ClN2O3. The molecule has 0 aliphatic heterocycles. The van der Waals surface area contributed by atoms with Crippen molar-refractivity contribution in [1.29, 1.82) is 0 Å². The van der Waals surface area contributed by atoms with Crippen molar-refractivity contribution in [2.45, 2.75) is 26.3 Å². The maximum absolute atomic E-state index is 11.6. The van der Waals surface area contributed by atoms with Crippen molar-refractivity contribution < 1.29 is 4.79 Å². The fraction of sp³-hybridized carbons (Fsp3) is 0.444. The van der Waals surface area contributed by atoms with E-state index in [9.17, 15) is 14.4 Å². The van der Waals surface area contributed by atoms with Gasteiger partial charge in [-0.15, -0.1) is 0 Å². The molecule has 0 saturated heterocycles. The molecule has 0 spiro atoms. The third kappa shape index (κ3) is 2.36. The lowest BCUT2D eigenvalue weighted by Crippen LogP contribution is -2.37. The van der Waals surface area contributed by atoms with Gasteiger partial charge in [0.05, 0.1) is 0 Å². The van der Waals surface area contributed by atoms with Crippen molar-refractivity contribution >= 4 is 17.9 Å². The van der Waals surface area contributed by atoms with Gasteiger partial charge in [0.25, 0.3) is 5.56 Å². The number of halogens is 1. The molecule has 0 aliphatic rings. The highest BCUT2D eigenvalue weighted by Crippen LogP contribution is 2.02. The van der Waals surface area contributed by atoms with E-state index in [0.29, 0.717) is 19.3 Å². The standard InChI is InChI=1S/C9H11ClN2O3/c1-2-3-4-12-8(14)6(5-13)7(10)11-9(12)15/h5H,2-4H2,1H3,(H,11,15). The summed E-state index contributed by atoms with van der Waals surface area (Å²) < 4.78 is 0.985. The summed E-state index contributed by atoms with van der Waals surface area (Å²) in [6, 6.07) is 0. The van der Waals surface area contributed by atoms with Gasteiger partial charge in [0.15, 0.2) is 6.29 Å². The highest BCUT2D eigenvalue weighted by atomic mass is 35.5. The fourth-order valence-corrected chi connectivity index (χ4v) is 1.39. The first kappa shape index (κ1) is 11.7. The van der Waals surface area contributed by atoms with Gasteiger partial charge >= 0.3 is 5.69 Å². The molecule has 1 aromatic heterocycles. The Labute approximate surface area is 90.7 Å². The Bertz CT molecular complexity index is 475. The number of aromatic amines is 1. The van der Waals surface area contributed by atoms with Crippen LogP contribution in [-0.2, 0) is 6.54 Å². The molecule has 0 unspecified atom stereocenters. The number of hydrogen-bond donors (Lipinski definition) is 1. The van der Waals surface area contributed by atoms with Crippen molar-refractivity contribution in [3.63, 3.8) is 0 Å². The molecule has 0 amide bonds. The Balaban J connectivity index is 3.33. The minimum absolute atomic E-state index is 0.201. The molecule has 82 valence electrons. The van der Waals surface area contributed by atoms with E-state index in [1.165, 1.54) is 0 Å². The molecule has 0 aliphatic carbocycles. The lowest BCUT2D eigenvalue weighted by atomic mass is 10.3. The number of aromatic nitrogens is 2. The van der Waals surface area contributed by atoms with Crippen molar-refractivity contribution in [2.75, 3.05) is 0 Å². The summed E-state index contributed by atoms with van der Waals surface area (Å²) in [6.07, 6.45) is 1.90. The summed E-state index contributed by atoms with van der Waals surface area (Å²) in [4.78, 5) is 35.7. The smallest absolute Gasteiger partial charge is 0.298 e. The van der Waals surface area contributed by atoms with E-state index in [4.69, 9.17) is 11.6 Å². The Kier molecular flexibility index (Phi) is 3.85. The summed E-state index contributed by atoms with van der Waals surface area (Å²) in [5, 5.41) is -0.201. The van der Waals surface area contributed by atoms with Crippen LogP contribution in [0, 0.1) is 0 Å². The number of carbonyl (C=O) groups is 1. The predicted molar refractivity (Wildman–Crippen MR) is 56.6 cm³/mol. The minimum Gasteiger partial charge on any atom is -0.298 e. The summed E-state index contributed by atoms with van der Waals surface area (Å²) in [5.74, 6) is 0. The summed E-state index contributed by atoms with van der Waals surface area (Å²) in [7, 11) is 0.